The Balaban J connectivity index is 2.27. The molecule has 0 aromatic heterocycles. The molecule has 24 heavy (non-hydrogen) atoms. The molecule has 0 fully saturated rings. The van der Waals surface area contributed by atoms with Gasteiger partial charge in [0, 0.05) is 5.69 Å². The Kier molecular flexibility index (Phi) is 5.26. The van der Waals surface area contributed by atoms with E-state index in [0.717, 1.165) is 11.1 Å². The summed E-state index contributed by atoms with van der Waals surface area (Å²) in [6.07, 6.45) is 0. The number of carboxylic acid groups (broad SMARTS) is 1. The molecule has 4 N–H and O–H groups in total. The fourth-order valence-electron chi connectivity index (χ4n) is 2.25. The number of nitrogens with two attached hydrogens (primary N) is 1. The van der Waals surface area contributed by atoms with Gasteiger partial charge in [0.25, 0.3) is 0 Å². The van der Waals surface area contributed by atoms with Crippen LogP contribution in [0.4, 0.5) is 5.69 Å². The number of hydrogen-bond donors (Lipinski definition) is 3. The van der Waals surface area contributed by atoms with Crippen molar-refractivity contribution in [2.24, 2.45) is 5.92 Å². The van der Waals surface area contributed by atoms with Crippen molar-refractivity contribution in [3.63, 3.8) is 0 Å². The van der Waals surface area contributed by atoms with Gasteiger partial charge < -0.3 is 10.8 Å². The van der Waals surface area contributed by atoms with Crippen LogP contribution < -0.4 is 10.5 Å². The quantitative estimate of drug-likeness (QED) is 0.694. The monoisotopic (exact) mass is 348 g/mol. The number of rotatable bonds is 6. The molecule has 1 unspecified atom stereocenters. The van der Waals surface area contributed by atoms with Crippen molar-refractivity contribution < 1.29 is 18.3 Å². The summed E-state index contributed by atoms with van der Waals surface area (Å²) in [6, 6.07) is 12.3. The molecule has 0 saturated heterocycles. The lowest BCUT2D eigenvalue weighted by Crippen LogP contribution is -2.44. The number of benzene rings is 2. The molecule has 0 amide bonds. The van der Waals surface area contributed by atoms with Crippen LogP contribution in [0.15, 0.2) is 53.4 Å². The first-order valence-corrected chi connectivity index (χ1v) is 8.90. The van der Waals surface area contributed by atoms with Crippen LogP contribution in [0.3, 0.4) is 0 Å². The Hall–Kier alpha value is -2.38. The molecule has 1 atom stereocenters. The van der Waals surface area contributed by atoms with Crippen LogP contribution >= 0.6 is 0 Å². The van der Waals surface area contributed by atoms with E-state index < -0.39 is 22.0 Å². The molecule has 2 aromatic carbocycles. The highest BCUT2D eigenvalue weighted by Crippen LogP contribution is 2.23. The molecule has 0 aliphatic heterocycles. The zero-order valence-corrected chi connectivity index (χ0v) is 14.2. The molecular weight excluding hydrogens is 328 g/mol. The molecule has 0 aliphatic carbocycles. The normalized spacial score (nSPS) is 13.0. The van der Waals surface area contributed by atoms with E-state index in [-0.39, 0.29) is 10.8 Å². The Bertz CT molecular complexity index is 830. The van der Waals surface area contributed by atoms with Crippen LogP contribution in [0.1, 0.15) is 13.8 Å². The molecule has 0 aliphatic rings. The highest BCUT2D eigenvalue weighted by molar-refractivity contribution is 7.89. The maximum Gasteiger partial charge on any atom is 0.322 e. The first kappa shape index (κ1) is 18.0. The highest BCUT2D eigenvalue weighted by atomic mass is 32.2. The summed E-state index contributed by atoms with van der Waals surface area (Å²) in [6.45, 7) is 3.29. The van der Waals surface area contributed by atoms with E-state index in [9.17, 15) is 13.2 Å². The number of carboxylic acids is 1. The van der Waals surface area contributed by atoms with Crippen molar-refractivity contribution in [2.45, 2.75) is 24.8 Å². The molecule has 128 valence electrons. The summed E-state index contributed by atoms with van der Waals surface area (Å²) in [4.78, 5) is 11.2. The van der Waals surface area contributed by atoms with E-state index in [4.69, 9.17) is 10.8 Å². The minimum Gasteiger partial charge on any atom is -0.480 e. The molecule has 6 nitrogen and oxygen atoms in total. The molecule has 0 bridgehead atoms. The molecule has 2 aromatic rings. The van der Waals surface area contributed by atoms with E-state index in [1.807, 2.05) is 12.1 Å². The maximum absolute atomic E-state index is 12.4. The van der Waals surface area contributed by atoms with Crippen LogP contribution in [-0.2, 0) is 14.8 Å². The van der Waals surface area contributed by atoms with Crippen LogP contribution in [0.2, 0.25) is 0 Å². The van der Waals surface area contributed by atoms with Crippen molar-refractivity contribution in [3.8, 4) is 11.1 Å². The van der Waals surface area contributed by atoms with E-state index in [1.54, 1.807) is 38.1 Å². The molecule has 0 radical (unpaired) electrons. The van der Waals surface area contributed by atoms with Gasteiger partial charge in [0.2, 0.25) is 10.0 Å². The topological polar surface area (TPSA) is 109 Å². The first-order chi connectivity index (χ1) is 11.2. The largest absolute Gasteiger partial charge is 0.480 e. The van der Waals surface area contributed by atoms with Crippen molar-refractivity contribution >= 4 is 21.7 Å². The van der Waals surface area contributed by atoms with Crippen LogP contribution in [0.25, 0.3) is 11.1 Å². The van der Waals surface area contributed by atoms with E-state index in [1.165, 1.54) is 12.1 Å². The fraction of sp³-hybridized carbons (Fsp3) is 0.235. The second-order valence-electron chi connectivity index (χ2n) is 5.83. The second kappa shape index (κ2) is 7.02. The predicted octanol–water partition coefficient (Wildman–Crippen LogP) is 2.32. The first-order valence-electron chi connectivity index (χ1n) is 7.42. The van der Waals surface area contributed by atoms with Crippen molar-refractivity contribution in [1.29, 1.82) is 0 Å². The van der Waals surface area contributed by atoms with Gasteiger partial charge in [-0.3, -0.25) is 4.79 Å². The molecule has 7 heteroatoms. The average Bonchev–Trinajstić information content (AvgIpc) is 2.52. The Morgan fingerprint density at radius 1 is 1.08 bits per heavy atom. The third kappa shape index (κ3) is 4.12. The standard InChI is InChI=1S/C17H20N2O4S/c1-11(2)16(17(20)21)19-24(22,23)15-8-6-12(7-9-15)13-4-3-5-14(18)10-13/h3-11,16,19H,18H2,1-2H3,(H,20,21). The zero-order chi connectivity index (χ0) is 17.9. The number of aliphatic carboxylic acids is 1. The summed E-state index contributed by atoms with van der Waals surface area (Å²) >= 11 is 0. The van der Waals surface area contributed by atoms with Gasteiger partial charge >= 0.3 is 5.97 Å². The van der Waals surface area contributed by atoms with Crippen LogP contribution in [0, 0.1) is 5.92 Å². The number of hydrogen-bond acceptors (Lipinski definition) is 4. The SMILES string of the molecule is CC(C)C(NS(=O)(=O)c1ccc(-c2cccc(N)c2)cc1)C(=O)O. The lowest BCUT2D eigenvalue weighted by Gasteiger charge is -2.18. The minimum atomic E-state index is -3.91. The van der Waals surface area contributed by atoms with Crippen LogP contribution in [0.5, 0.6) is 0 Å². The molecule has 0 saturated carbocycles. The van der Waals surface area contributed by atoms with Gasteiger partial charge in [-0.2, -0.15) is 4.72 Å². The molecule has 0 spiro atoms. The van der Waals surface area contributed by atoms with Gasteiger partial charge in [-0.05, 0) is 41.3 Å². The third-order valence-electron chi connectivity index (χ3n) is 3.60. The molecule has 2 rings (SSSR count). The minimum absolute atomic E-state index is 0.0158. The van der Waals surface area contributed by atoms with Gasteiger partial charge in [0.05, 0.1) is 4.90 Å². The Morgan fingerprint density at radius 3 is 2.21 bits per heavy atom. The van der Waals surface area contributed by atoms with Gasteiger partial charge in [-0.1, -0.05) is 38.1 Å². The number of nitrogens with one attached hydrogen (secondary N) is 1. The maximum atomic E-state index is 12.4. The van der Waals surface area contributed by atoms with Gasteiger partial charge in [0.1, 0.15) is 6.04 Å². The number of anilines is 1. The second-order valence-corrected chi connectivity index (χ2v) is 7.55. The average molecular weight is 348 g/mol. The summed E-state index contributed by atoms with van der Waals surface area (Å²) in [5.41, 5.74) is 8.05. The van der Waals surface area contributed by atoms with E-state index in [2.05, 4.69) is 4.72 Å². The van der Waals surface area contributed by atoms with Gasteiger partial charge in [-0.25, -0.2) is 8.42 Å². The highest BCUT2D eigenvalue weighted by Gasteiger charge is 2.27. The summed E-state index contributed by atoms with van der Waals surface area (Å²) in [5.74, 6) is -1.58. The lowest BCUT2D eigenvalue weighted by molar-refractivity contribution is -0.140. The van der Waals surface area contributed by atoms with Gasteiger partial charge in [0.15, 0.2) is 0 Å². The summed E-state index contributed by atoms with van der Waals surface area (Å²) in [7, 11) is -3.91. The number of nitrogen functional groups attached to an aromatic ring is 1. The number of carbonyl (C=O) groups is 1. The van der Waals surface area contributed by atoms with Gasteiger partial charge in [-0.15, -0.1) is 0 Å². The van der Waals surface area contributed by atoms with Crippen LogP contribution in [-0.4, -0.2) is 25.5 Å². The summed E-state index contributed by atoms with van der Waals surface area (Å²) < 4.78 is 26.9. The van der Waals surface area contributed by atoms with E-state index in [0.29, 0.717) is 5.69 Å². The van der Waals surface area contributed by atoms with Crippen molar-refractivity contribution in [1.82, 2.24) is 4.72 Å². The predicted molar refractivity (Wildman–Crippen MR) is 92.9 cm³/mol. The number of sulfonamides is 1. The zero-order valence-electron chi connectivity index (χ0n) is 13.4. The Labute approximate surface area is 141 Å². The molecule has 0 heterocycles. The van der Waals surface area contributed by atoms with Crippen molar-refractivity contribution in [2.75, 3.05) is 5.73 Å². The molecular formula is C17H20N2O4S. The van der Waals surface area contributed by atoms with Crippen molar-refractivity contribution in [3.05, 3.63) is 48.5 Å². The summed E-state index contributed by atoms with van der Waals surface area (Å²) in [5, 5.41) is 9.13. The van der Waals surface area contributed by atoms with E-state index >= 15 is 0 Å². The third-order valence-corrected chi connectivity index (χ3v) is 5.06. The fourth-order valence-corrected chi connectivity index (χ4v) is 3.59. The smallest absolute Gasteiger partial charge is 0.322 e. The lowest BCUT2D eigenvalue weighted by atomic mass is 10.1. The Morgan fingerprint density at radius 2 is 1.71 bits per heavy atom.